The zero-order chi connectivity index (χ0) is 32.8. The van der Waals surface area contributed by atoms with Crippen molar-refractivity contribution in [1.29, 1.82) is 0 Å². The Labute approximate surface area is 264 Å². The van der Waals surface area contributed by atoms with Crippen molar-refractivity contribution in [2.45, 2.75) is 43.8 Å². The molecule has 17 heteroatoms. The summed E-state index contributed by atoms with van der Waals surface area (Å²) in [5.74, 6) is -4.22. The summed E-state index contributed by atoms with van der Waals surface area (Å²) in [4.78, 5) is 48.8. The summed E-state index contributed by atoms with van der Waals surface area (Å²) in [6, 6.07) is 2.92. The Hall–Kier alpha value is -4.05. The van der Waals surface area contributed by atoms with Crippen LogP contribution >= 0.6 is 11.6 Å². The molecule has 246 valence electrons. The zero-order valence-electron chi connectivity index (χ0n) is 24.3. The Morgan fingerprint density at radius 3 is 2.37 bits per heavy atom. The number of aromatic amines is 1. The lowest BCUT2D eigenvalue weighted by atomic mass is 9.96. The normalized spacial score (nSPS) is 20.1. The van der Waals surface area contributed by atoms with Gasteiger partial charge in [0.1, 0.15) is 6.04 Å². The van der Waals surface area contributed by atoms with Crippen LogP contribution in [0.5, 0.6) is 0 Å². The van der Waals surface area contributed by atoms with Gasteiger partial charge in [-0.15, -0.1) is 0 Å². The molecule has 0 unspecified atom stereocenters. The third-order valence-corrected chi connectivity index (χ3v) is 8.75. The van der Waals surface area contributed by atoms with Crippen LogP contribution in [0.15, 0.2) is 30.6 Å². The molecule has 6 rings (SSSR count). The Bertz CT molecular complexity index is 1640. The highest BCUT2D eigenvalue weighted by Crippen LogP contribution is 2.52. The molecule has 3 aromatic rings. The van der Waals surface area contributed by atoms with Crippen LogP contribution < -0.4 is 10.6 Å². The number of carbonyl (C=O) groups excluding carboxylic acids is 3. The molecule has 0 radical (unpaired) electrons. The van der Waals surface area contributed by atoms with Crippen molar-refractivity contribution in [2.24, 2.45) is 5.92 Å². The number of nitrogens with one attached hydrogen (secondary N) is 3. The SMILES string of the molecule is O=C(Nc1ccc(C(=O)N2CCN(C(=O)C3CCNCC3)CC2)c(Cl)c1)c1ncc(Cc2cn([C@H]3CC3(F)F)nc2C(F)(F)F)[nH]1. The number of imidazole rings is 1. The second-order valence-electron chi connectivity index (χ2n) is 11.7. The van der Waals surface area contributed by atoms with E-state index in [1.807, 2.05) is 0 Å². The molecule has 3 N–H and O–H groups in total. The molecule has 11 nitrogen and oxygen atoms in total. The molecular weight excluding hydrogens is 639 g/mol. The van der Waals surface area contributed by atoms with Gasteiger partial charge < -0.3 is 25.4 Å². The van der Waals surface area contributed by atoms with Crippen molar-refractivity contribution in [3.05, 3.63) is 64.0 Å². The van der Waals surface area contributed by atoms with Crippen molar-refractivity contribution >= 4 is 35.0 Å². The number of halogens is 6. The number of piperazine rings is 1. The molecule has 0 spiro atoms. The van der Waals surface area contributed by atoms with Crippen LogP contribution in [0.1, 0.15) is 63.2 Å². The molecule has 46 heavy (non-hydrogen) atoms. The summed E-state index contributed by atoms with van der Waals surface area (Å²) >= 11 is 6.41. The number of hydrogen-bond acceptors (Lipinski definition) is 6. The molecule has 1 aliphatic carbocycles. The highest BCUT2D eigenvalue weighted by atomic mass is 35.5. The number of amides is 3. The third-order valence-electron chi connectivity index (χ3n) is 8.44. The van der Waals surface area contributed by atoms with Gasteiger partial charge in [0, 0.05) is 74.3 Å². The Morgan fingerprint density at radius 1 is 1.07 bits per heavy atom. The highest BCUT2D eigenvalue weighted by molar-refractivity contribution is 6.34. The van der Waals surface area contributed by atoms with Crippen LogP contribution in [0, 0.1) is 5.92 Å². The number of alkyl halides is 5. The van der Waals surface area contributed by atoms with E-state index in [1.54, 1.807) is 9.80 Å². The molecule has 1 saturated carbocycles. The number of aromatic nitrogens is 4. The average Bonchev–Trinajstić information content (AvgIpc) is 3.33. The number of rotatable bonds is 7. The van der Waals surface area contributed by atoms with Crippen molar-refractivity contribution in [1.82, 2.24) is 34.9 Å². The quantitative estimate of drug-likeness (QED) is 0.327. The number of H-pyrrole nitrogens is 1. The lowest BCUT2D eigenvalue weighted by Crippen LogP contribution is -2.52. The van der Waals surface area contributed by atoms with Gasteiger partial charge in [0.15, 0.2) is 11.5 Å². The van der Waals surface area contributed by atoms with Crippen LogP contribution in [0.4, 0.5) is 27.6 Å². The first-order valence-corrected chi connectivity index (χ1v) is 15.1. The van der Waals surface area contributed by atoms with E-state index in [9.17, 15) is 36.3 Å². The molecule has 3 aliphatic rings. The Kier molecular flexibility index (Phi) is 8.52. The van der Waals surface area contributed by atoms with Gasteiger partial charge in [-0.3, -0.25) is 19.1 Å². The summed E-state index contributed by atoms with van der Waals surface area (Å²) in [5, 5.41) is 9.27. The van der Waals surface area contributed by atoms with Crippen LogP contribution in [0.25, 0.3) is 0 Å². The van der Waals surface area contributed by atoms with Crippen molar-refractivity contribution in [3.63, 3.8) is 0 Å². The first-order chi connectivity index (χ1) is 21.8. The summed E-state index contributed by atoms with van der Waals surface area (Å²) in [6.07, 6.45) is -2.11. The first-order valence-electron chi connectivity index (χ1n) is 14.8. The number of benzene rings is 1. The predicted octanol–water partition coefficient (Wildman–Crippen LogP) is 3.99. The van der Waals surface area contributed by atoms with Crippen molar-refractivity contribution < 1.29 is 36.3 Å². The maximum atomic E-state index is 13.5. The lowest BCUT2D eigenvalue weighted by Gasteiger charge is -2.37. The van der Waals surface area contributed by atoms with Gasteiger partial charge in [-0.25, -0.2) is 13.8 Å². The summed E-state index contributed by atoms with van der Waals surface area (Å²) in [6.45, 7) is 3.23. The fraction of sp³-hybridized carbons (Fsp3) is 0.483. The topological polar surface area (TPSA) is 128 Å². The number of hydrogen-bond donors (Lipinski definition) is 3. The molecule has 2 saturated heterocycles. The van der Waals surface area contributed by atoms with Crippen LogP contribution in [0.2, 0.25) is 5.02 Å². The van der Waals surface area contributed by atoms with E-state index in [2.05, 4.69) is 25.7 Å². The van der Waals surface area contributed by atoms with E-state index in [0.717, 1.165) is 32.1 Å². The van der Waals surface area contributed by atoms with E-state index in [-0.39, 0.29) is 57.5 Å². The number of anilines is 1. The summed E-state index contributed by atoms with van der Waals surface area (Å²) in [5.41, 5.74) is -1.02. The minimum absolute atomic E-state index is 0.00565. The minimum Gasteiger partial charge on any atom is -0.339 e. The number of carbonyl (C=O) groups is 3. The molecule has 2 aromatic heterocycles. The second-order valence-corrected chi connectivity index (χ2v) is 12.1. The van der Waals surface area contributed by atoms with Gasteiger partial charge in [-0.2, -0.15) is 18.3 Å². The van der Waals surface area contributed by atoms with Gasteiger partial charge in [0.05, 0.1) is 10.6 Å². The molecule has 4 heterocycles. The number of piperidine rings is 1. The van der Waals surface area contributed by atoms with Crippen LogP contribution in [0.3, 0.4) is 0 Å². The maximum Gasteiger partial charge on any atom is 0.435 e. The fourth-order valence-electron chi connectivity index (χ4n) is 5.80. The molecule has 0 bridgehead atoms. The van der Waals surface area contributed by atoms with E-state index in [4.69, 9.17) is 11.6 Å². The van der Waals surface area contributed by atoms with Crippen molar-refractivity contribution in [2.75, 3.05) is 44.6 Å². The Balaban J connectivity index is 1.05. The van der Waals surface area contributed by atoms with E-state index < -0.39 is 36.2 Å². The molecule has 1 aromatic carbocycles. The minimum atomic E-state index is -4.86. The first kappa shape index (κ1) is 31.9. The maximum absolute atomic E-state index is 13.5. The summed E-state index contributed by atoms with van der Waals surface area (Å²) < 4.78 is 68.1. The highest BCUT2D eigenvalue weighted by Gasteiger charge is 2.59. The van der Waals surface area contributed by atoms with Gasteiger partial charge in [-0.1, -0.05) is 11.6 Å². The van der Waals surface area contributed by atoms with E-state index >= 15 is 0 Å². The molecule has 2 aliphatic heterocycles. The van der Waals surface area contributed by atoms with Gasteiger partial charge in [-0.05, 0) is 44.1 Å². The third kappa shape index (κ3) is 6.72. The zero-order valence-corrected chi connectivity index (χ0v) is 25.1. The standard InChI is InChI=1S/C29H30ClF5N8O3/c30-21-12-18(1-2-20(21)27(46)42-9-7-41(8-10-42)26(45)16-3-5-36-6-4-16)39-25(44)24-37-14-19(38-24)11-17-15-43(22-13-28(22,31)32)40-23(17)29(33,34)35/h1-2,12,14-16,22,36H,3-11,13H2,(H,37,38)(H,39,44)/t22-/m0/s1. The molecule has 1 atom stereocenters. The van der Waals surface area contributed by atoms with Crippen LogP contribution in [-0.2, 0) is 17.4 Å². The van der Waals surface area contributed by atoms with E-state index in [1.165, 1.54) is 24.4 Å². The van der Waals surface area contributed by atoms with E-state index in [0.29, 0.717) is 30.9 Å². The smallest absolute Gasteiger partial charge is 0.339 e. The lowest BCUT2D eigenvalue weighted by molar-refractivity contribution is -0.142. The predicted molar refractivity (Wildman–Crippen MR) is 155 cm³/mol. The van der Waals surface area contributed by atoms with Gasteiger partial charge >= 0.3 is 6.18 Å². The fourth-order valence-corrected chi connectivity index (χ4v) is 6.06. The van der Waals surface area contributed by atoms with Crippen LogP contribution in [-0.4, -0.2) is 92.5 Å². The molecular formula is C29H30ClF5N8O3. The summed E-state index contributed by atoms with van der Waals surface area (Å²) in [7, 11) is 0. The molecule has 3 fully saturated rings. The van der Waals surface area contributed by atoms with Crippen molar-refractivity contribution in [3.8, 4) is 0 Å². The Morgan fingerprint density at radius 2 is 1.74 bits per heavy atom. The monoisotopic (exact) mass is 668 g/mol. The van der Waals surface area contributed by atoms with Gasteiger partial charge in [0.25, 0.3) is 17.7 Å². The average molecular weight is 669 g/mol. The molecule has 3 amide bonds. The second kappa shape index (κ2) is 12.3. The number of nitrogens with zero attached hydrogens (tertiary/aromatic N) is 5. The van der Waals surface area contributed by atoms with Gasteiger partial charge in [0.2, 0.25) is 5.91 Å². The largest absolute Gasteiger partial charge is 0.435 e.